The molecule has 0 amide bonds. The number of carbonyl (C=O) groups excluding carboxylic acids is 1. The van der Waals surface area contributed by atoms with Crippen LogP contribution in [0.15, 0.2) is 84.9 Å². The molecule has 0 saturated heterocycles. The predicted octanol–water partition coefficient (Wildman–Crippen LogP) is 5.59. The van der Waals surface area contributed by atoms with Gasteiger partial charge in [0.1, 0.15) is 12.4 Å². The number of hydrogen-bond acceptors (Lipinski definition) is 4. The monoisotopic (exact) mass is 397 g/mol. The van der Waals surface area contributed by atoms with E-state index in [9.17, 15) is 4.79 Å². The summed E-state index contributed by atoms with van der Waals surface area (Å²) in [5.74, 6) is 0.591. The molecule has 1 aromatic heterocycles. The smallest absolute Gasteiger partial charge is 0.305 e. The van der Waals surface area contributed by atoms with E-state index in [1.165, 1.54) is 7.11 Å². The van der Waals surface area contributed by atoms with Gasteiger partial charge in [-0.15, -0.1) is 0 Å². The molecule has 150 valence electrons. The number of rotatable bonds is 7. The Morgan fingerprint density at radius 1 is 0.900 bits per heavy atom. The first kappa shape index (κ1) is 19.6. The van der Waals surface area contributed by atoms with Crippen LogP contribution in [0.2, 0.25) is 0 Å². The fraction of sp³-hybridized carbons (Fsp3) is 0.154. The molecule has 0 aliphatic heterocycles. The van der Waals surface area contributed by atoms with E-state index >= 15 is 0 Å². The number of carbonyl (C=O) groups is 1. The van der Waals surface area contributed by atoms with Crippen LogP contribution in [-0.2, 0) is 22.6 Å². The molecule has 4 nitrogen and oxygen atoms in total. The average Bonchev–Trinajstić information content (AvgIpc) is 2.82. The highest BCUT2D eigenvalue weighted by Crippen LogP contribution is 2.26. The van der Waals surface area contributed by atoms with E-state index in [2.05, 4.69) is 24.3 Å². The number of benzene rings is 3. The number of esters is 1. The van der Waals surface area contributed by atoms with Gasteiger partial charge in [-0.2, -0.15) is 0 Å². The first-order valence-electron chi connectivity index (χ1n) is 9.95. The fourth-order valence-corrected chi connectivity index (χ4v) is 3.39. The summed E-state index contributed by atoms with van der Waals surface area (Å²) in [5, 5.41) is 1.09. The highest BCUT2D eigenvalue weighted by Gasteiger charge is 2.08. The molecule has 0 N–H and O–H groups in total. The molecule has 0 aliphatic rings. The van der Waals surface area contributed by atoms with E-state index in [0.717, 1.165) is 39.0 Å². The third-order valence-corrected chi connectivity index (χ3v) is 5.03. The summed E-state index contributed by atoms with van der Waals surface area (Å²) in [6.45, 7) is 0.449. The van der Waals surface area contributed by atoms with Crippen molar-refractivity contribution in [3.63, 3.8) is 0 Å². The molecule has 0 bridgehead atoms. The molecule has 1 heterocycles. The summed E-state index contributed by atoms with van der Waals surface area (Å²) in [4.78, 5) is 16.1. The molecule has 4 aromatic rings. The standard InChI is InChI=1S/C26H23NO3/c1-29-26(28)16-13-19-11-14-22(15-12-19)30-18-21-17-25(20-7-3-2-4-8-20)27-24-10-6-5-9-23(21)24/h2-12,14-15,17H,13,16,18H2,1H3. The quantitative estimate of drug-likeness (QED) is 0.382. The van der Waals surface area contributed by atoms with E-state index < -0.39 is 0 Å². The third-order valence-electron chi connectivity index (χ3n) is 5.03. The lowest BCUT2D eigenvalue weighted by Crippen LogP contribution is -2.02. The minimum atomic E-state index is -0.200. The van der Waals surface area contributed by atoms with Crippen LogP contribution in [0.4, 0.5) is 0 Å². The Balaban J connectivity index is 1.53. The first-order chi connectivity index (χ1) is 14.7. The molecular formula is C26H23NO3. The number of aryl methyl sites for hydroxylation is 1. The van der Waals surface area contributed by atoms with Crippen molar-refractivity contribution in [2.45, 2.75) is 19.4 Å². The van der Waals surface area contributed by atoms with E-state index in [1.54, 1.807) is 0 Å². The maximum absolute atomic E-state index is 11.3. The lowest BCUT2D eigenvalue weighted by Gasteiger charge is -2.12. The van der Waals surface area contributed by atoms with Crippen molar-refractivity contribution in [2.75, 3.05) is 7.11 Å². The Bertz CT molecular complexity index is 1140. The molecule has 0 spiro atoms. The molecular weight excluding hydrogens is 374 g/mol. The fourth-order valence-electron chi connectivity index (χ4n) is 3.39. The molecule has 4 heteroatoms. The van der Waals surface area contributed by atoms with Crippen molar-refractivity contribution in [2.24, 2.45) is 0 Å². The predicted molar refractivity (Wildman–Crippen MR) is 118 cm³/mol. The van der Waals surface area contributed by atoms with Gasteiger partial charge in [0.05, 0.1) is 18.3 Å². The SMILES string of the molecule is COC(=O)CCc1ccc(OCc2cc(-c3ccccc3)nc3ccccc23)cc1. The number of methoxy groups -OCH3 is 1. The van der Waals surface area contributed by atoms with Gasteiger partial charge >= 0.3 is 5.97 Å². The summed E-state index contributed by atoms with van der Waals surface area (Å²) in [7, 11) is 1.41. The van der Waals surface area contributed by atoms with Crippen LogP contribution in [0.5, 0.6) is 5.75 Å². The van der Waals surface area contributed by atoms with Gasteiger partial charge in [-0.1, -0.05) is 60.7 Å². The van der Waals surface area contributed by atoms with Gasteiger partial charge in [-0.3, -0.25) is 4.79 Å². The van der Waals surface area contributed by atoms with Crippen LogP contribution < -0.4 is 4.74 Å². The number of hydrogen-bond donors (Lipinski definition) is 0. The lowest BCUT2D eigenvalue weighted by molar-refractivity contribution is -0.140. The van der Waals surface area contributed by atoms with Crippen LogP contribution in [0, 0.1) is 0 Å². The zero-order valence-electron chi connectivity index (χ0n) is 16.9. The van der Waals surface area contributed by atoms with Crippen LogP contribution in [-0.4, -0.2) is 18.1 Å². The molecule has 30 heavy (non-hydrogen) atoms. The molecule has 0 aliphatic carbocycles. The Morgan fingerprint density at radius 2 is 1.63 bits per heavy atom. The largest absolute Gasteiger partial charge is 0.489 e. The second-order valence-electron chi connectivity index (χ2n) is 7.06. The molecule has 0 radical (unpaired) electrons. The number of ether oxygens (including phenoxy) is 2. The molecule has 0 saturated carbocycles. The van der Waals surface area contributed by atoms with E-state index in [0.29, 0.717) is 19.4 Å². The van der Waals surface area contributed by atoms with Crippen LogP contribution in [0.1, 0.15) is 17.5 Å². The lowest BCUT2D eigenvalue weighted by atomic mass is 10.0. The normalized spacial score (nSPS) is 10.7. The zero-order chi connectivity index (χ0) is 20.8. The molecule has 4 rings (SSSR count). The Kier molecular flexibility index (Phi) is 6.04. The van der Waals surface area contributed by atoms with Crippen molar-refractivity contribution >= 4 is 16.9 Å². The Labute approximate surface area is 176 Å². The summed E-state index contributed by atoms with van der Waals surface area (Å²) < 4.78 is 10.8. The summed E-state index contributed by atoms with van der Waals surface area (Å²) in [5.41, 5.74) is 5.14. The van der Waals surface area contributed by atoms with Crippen molar-refractivity contribution in [1.29, 1.82) is 0 Å². The number of pyridine rings is 1. The van der Waals surface area contributed by atoms with Crippen LogP contribution >= 0.6 is 0 Å². The number of aromatic nitrogens is 1. The van der Waals surface area contributed by atoms with Gasteiger partial charge in [0.2, 0.25) is 0 Å². The van der Waals surface area contributed by atoms with Crippen molar-refractivity contribution in [3.05, 3.63) is 96.1 Å². The summed E-state index contributed by atoms with van der Waals surface area (Å²) in [6.07, 6.45) is 1.03. The maximum Gasteiger partial charge on any atom is 0.305 e. The summed E-state index contributed by atoms with van der Waals surface area (Å²) >= 11 is 0. The van der Waals surface area contributed by atoms with Gasteiger partial charge in [-0.05, 0) is 36.2 Å². The average molecular weight is 397 g/mol. The third kappa shape index (κ3) is 4.66. The number of fused-ring (bicyclic) bond motifs is 1. The van der Waals surface area contributed by atoms with Crippen LogP contribution in [0.3, 0.4) is 0 Å². The van der Waals surface area contributed by atoms with Gasteiger partial charge in [0.15, 0.2) is 0 Å². The molecule has 0 unspecified atom stereocenters. The van der Waals surface area contributed by atoms with Crippen molar-refractivity contribution in [1.82, 2.24) is 4.98 Å². The van der Waals surface area contributed by atoms with Gasteiger partial charge in [-0.25, -0.2) is 4.98 Å². The van der Waals surface area contributed by atoms with Gasteiger partial charge in [0, 0.05) is 22.9 Å². The molecule has 0 fully saturated rings. The Hall–Kier alpha value is -3.66. The second-order valence-corrected chi connectivity index (χ2v) is 7.06. The highest BCUT2D eigenvalue weighted by molar-refractivity contribution is 5.85. The zero-order valence-corrected chi connectivity index (χ0v) is 16.9. The Morgan fingerprint density at radius 3 is 2.40 bits per heavy atom. The van der Waals surface area contributed by atoms with Crippen LogP contribution in [0.25, 0.3) is 22.2 Å². The van der Waals surface area contributed by atoms with Gasteiger partial charge < -0.3 is 9.47 Å². The van der Waals surface area contributed by atoms with E-state index in [1.807, 2.05) is 60.7 Å². The minimum Gasteiger partial charge on any atom is -0.489 e. The second kappa shape index (κ2) is 9.23. The van der Waals surface area contributed by atoms with Crippen molar-refractivity contribution in [3.8, 4) is 17.0 Å². The number of nitrogens with zero attached hydrogens (tertiary/aromatic N) is 1. The number of para-hydroxylation sites is 1. The molecule has 3 aromatic carbocycles. The maximum atomic E-state index is 11.3. The van der Waals surface area contributed by atoms with E-state index in [-0.39, 0.29) is 5.97 Å². The minimum absolute atomic E-state index is 0.200. The van der Waals surface area contributed by atoms with E-state index in [4.69, 9.17) is 14.5 Å². The molecule has 0 atom stereocenters. The highest BCUT2D eigenvalue weighted by atomic mass is 16.5. The van der Waals surface area contributed by atoms with Crippen molar-refractivity contribution < 1.29 is 14.3 Å². The first-order valence-corrected chi connectivity index (χ1v) is 9.95. The summed E-state index contributed by atoms with van der Waals surface area (Å²) in [6, 6.07) is 28.2. The van der Waals surface area contributed by atoms with Gasteiger partial charge in [0.25, 0.3) is 0 Å². The topological polar surface area (TPSA) is 48.4 Å².